The fourth-order valence-corrected chi connectivity index (χ4v) is 1.53. The zero-order valence-corrected chi connectivity index (χ0v) is 10.6. The molecule has 0 saturated carbocycles. The largest absolute Gasteiger partial charge is 0.391 e. The Labute approximate surface area is 105 Å². The molecule has 0 aliphatic heterocycles. The lowest BCUT2D eigenvalue weighted by molar-refractivity contribution is 0.176. The lowest BCUT2D eigenvalue weighted by Gasteiger charge is -2.13. The van der Waals surface area contributed by atoms with Crippen molar-refractivity contribution < 1.29 is 13.9 Å². The van der Waals surface area contributed by atoms with E-state index < -0.39 is 17.7 Å². The molecule has 0 aliphatic carbocycles. The fraction of sp³-hybridized carbons (Fsp3) is 0.583. The Hall–Kier alpha value is -1.43. The van der Waals surface area contributed by atoms with Crippen LogP contribution in [-0.4, -0.2) is 29.3 Å². The first-order valence-electron chi connectivity index (χ1n) is 6.10. The molecule has 1 heterocycles. The molecule has 102 valence electrons. The maximum Gasteiger partial charge on any atom is 0.168 e. The standard InChI is InChI=1S/C12H19F2N3O/c1-3-5-8(18)7-16-12-10(14)6-9(13)11(17-12)15-4-2/h6,8,18H,3-5,7H2,1-2H3,(H2,15,16,17). The molecule has 0 aliphatic rings. The van der Waals surface area contributed by atoms with Gasteiger partial charge in [-0.1, -0.05) is 13.3 Å². The molecule has 18 heavy (non-hydrogen) atoms. The number of aliphatic hydroxyl groups is 1. The van der Waals surface area contributed by atoms with Gasteiger partial charge in [-0.3, -0.25) is 0 Å². The van der Waals surface area contributed by atoms with Gasteiger partial charge in [-0.05, 0) is 13.3 Å². The van der Waals surface area contributed by atoms with Crippen molar-refractivity contribution in [1.82, 2.24) is 4.98 Å². The summed E-state index contributed by atoms with van der Waals surface area (Å²) in [6, 6.07) is 0.777. The van der Waals surface area contributed by atoms with Gasteiger partial charge >= 0.3 is 0 Å². The number of rotatable bonds is 7. The highest BCUT2D eigenvalue weighted by molar-refractivity contribution is 5.47. The van der Waals surface area contributed by atoms with Crippen LogP contribution in [0.25, 0.3) is 0 Å². The first-order valence-corrected chi connectivity index (χ1v) is 6.10. The Kier molecular flexibility index (Phi) is 5.77. The summed E-state index contributed by atoms with van der Waals surface area (Å²) in [5.74, 6) is -1.54. The summed E-state index contributed by atoms with van der Waals surface area (Å²) in [6.07, 6.45) is 0.893. The maximum atomic E-state index is 13.4. The molecule has 1 unspecified atom stereocenters. The van der Waals surface area contributed by atoms with Gasteiger partial charge in [0, 0.05) is 19.2 Å². The van der Waals surface area contributed by atoms with Gasteiger partial charge in [0.15, 0.2) is 23.3 Å². The molecule has 0 fully saturated rings. The molecule has 0 bridgehead atoms. The molecular weight excluding hydrogens is 240 g/mol. The number of halogens is 2. The van der Waals surface area contributed by atoms with Crippen molar-refractivity contribution in [2.75, 3.05) is 23.7 Å². The van der Waals surface area contributed by atoms with Gasteiger partial charge in [0.1, 0.15) is 0 Å². The summed E-state index contributed by atoms with van der Waals surface area (Å²) < 4.78 is 26.7. The average molecular weight is 259 g/mol. The topological polar surface area (TPSA) is 57.2 Å². The number of aromatic nitrogens is 1. The fourth-order valence-electron chi connectivity index (χ4n) is 1.53. The van der Waals surface area contributed by atoms with Crippen LogP contribution < -0.4 is 10.6 Å². The van der Waals surface area contributed by atoms with Crippen molar-refractivity contribution in [3.05, 3.63) is 17.7 Å². The Morgan fingerprint density at radius 2 is 1.83 bits per heavy atom. The number of nitrogens with one attached hydrogen (secondary N) is 2. The molecule has 6 heteroatoms. The summed E-state index contributed by atoms with van der Waals surface area (Å²) in [7, 11) is 0. The predicted molar refractivity (Wildman–Crippen MR) is 67.7 cm³/mol. The average Bonchev–Trinajstić information content (AvgIpc) is 2.31. The number of pyridine rings is 1. The minimum atomic E-state index is -0.766. The Balaban J connectivity index is 2.72. The van der Waals surface area contributed by atoms with E-state index >= 15 is 0 Å². The van der Waals surface area contributed by atoms with Crippen LogP contribution in [0.1, 0.15) is 26.7 Å². The van der Waals surface area contributed by atoms with Crippen LogP contribution in [0, 0.1) is 11.6 Å². The van der Waals surface area contributed by atoms with Crippen molar-refractivity contribution in [3.8, 4) is 0 Å². The summed E-state index contributed by atoms with van der Waals surface area (Å²) in [6.45, 7) is 4.42. The highest BCUT2D eigenvalue weighted by Gasteiger charge is 2.12. The van der Waals surface area contributed by atoms with Crippen molar-refractivity contribution in [1.29, 1.82) is 0 Å². The van der Waals surface area contributed by atoms with Crippen molar-refractivity contribution in [2.24, 2.45) is 0 Å². The summed E-state index contributed by atoms with van der Waals surface area (Å²) in [5.41, 5.74) is 0. The molecule has 3 N–H and O–H groups in total. The lowest BCUT2D eigenvalue weighted by Crippen LogP contribution is -2.20. The number of hydrogen-bond acceptors (Lipinski definition) is 4. The monoisotopic (exact) mass is 259 g/mol. The third kappa shape index (κ3) is 4.10. The van der Waals surface area contributed by atoms with Crippen LogP contribution in [0.5, 0.6) is 0 Å². The summed E-state index contributed by atoms with van der Waals surface area (Å²) in [5, 5.41) is 14.9. The molecule has 0 radical (unpaired) electrons. The number of hydrogen-bond donors (Lipinski definition) is 3. The summed E-state index contributed by atoms with van der Waals surface area (Å²) in [4.78, 5) is 3.81. The van der Waals surface area contributed by atoms with Gasteiger partial charge in [-0.15, -0.1) is 0 Å². The van der Waals surface area contributed by atoms with Gasteiger partial charge < -0.3 is 15.7 Å². The molecule has 1 atom stereocenters. The van der Waals surface area contributed by atoms with Crippen LogP contribution >= 0.6 is 0 Å². The Morgan fingerprint density at radius 3 is 2.39 bits per heavy atom. The zero-order valence-electron chi connectivity index (χ0n) is 10.6. The number of aliphatic hydroxyl groups excluding tert-OH is 1. The van der Waals surface area contributed by atoms with Gasteiger partial charge in [0.2, 0.25) is 0 Å². The highest BCUT2D eigenvalue weighted by Crippen LogP contribution is 2.18. The molecule has 0 spiro atoms. The van der Waals surface area contributed by atoms with Crippen LogP contribution in [0.4, 0.5) is 20.4 Å². The smallest absolute Gasteiger partial charge is 0.168 e. The minimum absolute atomic E-state index is 0.00591. The molecule has 0 saturated heterocycles. The normalized spacial score (nSPS) is 12.3. The molecule has 1 rings (SSSR count). The molecule has 1 aromatic heterocycles. The maximum absolute atomic E-state index is 13.4. The quantitative estimate of drug-likeness (QED) is 0.703. The Bertz CT molecular complexity index is 388. The second-order valence-corrected chi connectivity index (χ2v) is 4.00. The first-order chi connectivity index (χ1) is 8.58. The van der Waals surface area contributed by atoms with Crippen molar-refractivity contribution in [2.45, 2.75) is 32.8 Å². The van der Waals surface area contributed by atoms with E-state index in [9.17, 15) is 13.9 Å². The van der Waals surface area contributed by atoms with E-state index in [2.05, 4.69) is 15.6 Å². The number of nitrogens with zero attached hydrogens (tertiary/aromatic N) is 1. The zero-order chi connectivity index (χ0) is 13.5. The van der Waals surface area contributed by atoms with Gasteiger partial charge in [0.05, 0.1) is 6.10 Å². The van der Waals surface area contributed by atoms with Crippen molar-refractivity contribution >= 4 is 11.6 Å². The van der Waals surface area contributed by atoms with Gasteiger partial charge in [-0.2, -0.15) is 0 Å². The first kappa shape index (κ1) is 14.6. The Morgan fingerprint density at radius 1 is 1.22 bits per heavy atom. The van der Waals surface area contributed by atoms with E-state index in [1.807, 2.05) is 6.92 Å². The van der Waals surface area contributed by atoms with Gasteiger partial charge in [-0.25, -0.2) is 13.8 Å². The second-order valence-electron chi connectivity index (χ2n) is 4.00. The van der Waals surface area contributed by atoms with Crippen LogP contribution in [-0.2, 0) is 0 Å². The van der Waals surface area contributed by atoms with Gasteiger partial charge in [0.25, 0.3) is 0 Å². The second kappa shape index (κ2) is 7.10. The molecule has 0 amide bonds. The van der Waals surface area contributed by atoms with E-state index in [0.717, 1.165) is 12.5 Å². The van der Waals surface area contributed by atoms with E-state index in [-0.39, 0.29) is 18.2 Å². The number of anilines is 2. The van der Waals surface area contributed by atoms with E-state index in [1.165, 1.54) is 0 Å². The van der Waals surface area contributed by atoms with Crippen molar-refractivity contribution in [3.63, 3.8) is 0 Å². The van der Waals surface area contributed by atoms with E-state index in [4.69, 9.17) is 0 Å². The SMILES string of the molecule is CCCC(O)CNc1nc(NCC)c(F)cc1F. The third-order valence-corrected chi connectivity index (χ3v) is 2.40. The molecule has 0 aromatic carbocycles. The minimum Gasteiger partial charge on any atom is -0.391 e. The highest BCUT2D eigenvalue weighted by atomic mass is 19.1. The molecular formula is C12H19F2N3O. The third-order valence-electron chi connectivity index (χ3n) is 2.40. The summed E-state index contributed by atoms with van der Waals surface area (Å²) >= 11 is 0. The molecule has 1 aromatic rings. The van der Waals surface area contributed by atoms with Crippen LogP contribution in [0.3, 0.4) is 0 Å². The predicted octanol–water partition coefficient (Wildman–Crippen LogP) is 2.36. The molecule has 4 nitrogen and oxygen atoms in total. The van der Waals surface area contributed by atoms with E-state index in [0.29, 0.717) is 13.0 Å². The lowest BCUT2D eigenvalue weighted by atomic mass is 10.2. The van der Waals surface area contributed by atoms with Crippen LogP contribution in [0.2, 0.25) is 0 Å². The van der Waals surface area contributed by atoms with E-state index in [1.54, 1.807) is 6.92 Å². The van der Waals surface area contributed by atoms with Crippen LogP contribution in [0.15, 0.2) is 6.07 Å².